The molecule has 0 fully saturated rings. The number of hydrogen-bond acceptors (Lipinski definition) is 3. The van der Waals surface area contributed by atoms with E-state index in [1.165, 1.54) is 19.2 Å². The summed E-state index contributed by atoms with van der Waals surface area (Å²) in [5.74, 6) is 0.110. The molecule has 1 rings (SSSR count). The molecule has 84 valence electrons. The maximum absolute atomic E-state index is 13.2. The minimum Gasteiger partial charge on any atom is -0.496 e. The number of hydrogen-bond donors (Lipinski definition) is 2. The standard InChI is InChI=1S/C11H16FNO2/c1-7-9(10(13)3-4-14)5-8(12)6-11(7)15-2/h5-6,10,14H,3-4,13H2,1-2H3. The molecule has 1 aromatic rings. The zero-order valence-electron chi connectivity index (χ0n) is 8.96. The molecule has 0 aliphatic heterocycles. The minimum atomic E-state index is -0.374. The highest BCUT2D eigenvalue weighted by atomic mass is 19.1. The number of benzene rings is 1. The molecule has 3 nitrogen and oxygen atoms in total. The molecule has 0 saturated heterocycles. The van der Waals surface area contributed by atoms with Gasteiger partial charge in [-0.25, -0.2) is 4.39 Å². The molecule has 0 saturated carbocycles. The number of nitrogens with two attached hydrogens (primary N) is 1. The van der Waals surface area contributed by atoms with Crippen molar-refractivity contribution in [2.45, 2.75) is 19.4 Å². The second-order valence-corrected chi connectivity index (χ2v) is 3.44. The Hall–Kier alpha value is -1.13. The molecule has 15 heavy (non-hydrogen) atoms. The van der Waals surface area contributed by atoms with E-state index in [-0.39, 0.29) is 18.5 Å². The Balaban J connectivity index is 3.11. The summed E-state index contributed by atoms with van der Waals surface area (Å²) in [6.45, 7) is 1.81. The van der Waals surface area contributed by atoms with E-state index in [2.05, 4.69) is 0 Å². The van der Waals surface area contributed by atoms with Gasteiger partial charge in [-0.2, -0.15) is 0 Å². The first-order valence-corrected chi connectivity index (χ1v) is 4.80. The van der Waals surface area contributed by atoms with Crippen LogP contribution >= 0.6 is 0 Å². The summed E-state index contributed by atoms with van der Waals surface area (Å²) in [7, 11) is 1.49. The third-order valence-corrected chi connectivity index (χ3v) is 2.42. The average molecular weight is 213 g/mol. The van der Waals surface area contributed by atoms with Crippen LogP contribution in [0.4, 0.5) is 4.39 Å². The topological polar surface area (TPSA) is 55.5 Å². The van der Waals surface area contributed by atoms with Gasteiger partial charge in [0.25, 0.3) is 0 Å². The molecule has 1 aromatic carbocycles. The molecule has 3 N–H and O–H groups in total. The van der Waals surface area contributed by atoms with Gasteiger partial charge in [0.1, 0.15) is 11.6 Å². The molecular formula is C11H16FNO2. The molecule has 0 aliphatic rings. The molecule has 0 radical (unpaired) electrons. The number of methoxy groups -OCH3 is 1. The number of halogens is 1. The van der Waals surface area contributed by atoms with Crippen molar-refractivity contribution in [1.29, 1.82) is 0 Å². The van der Waals surface area contributed by atoms with Crippen molar-refractivity contribution in [3.63, 3.8) is 0 Å². The fourth-order valence-corrected chi connectivity index (χ4v) is 1.57. The molecule has 1 atom stereocenters. The molecule has 0 bridgehead atoms. The smallest absolute Gasteiger partial charge is 0.127 e. The Labute approximate surface area is 88.7 Å². The zero-order valence-corrected chi connectivity index (χ0v) is 8.96. The van der Waals surface area contributed by atoms with Gasteiger partial charge in [-0.1, -0.05) is 0 Å². The van der Waals surface area contributed by atoms with Crippen LogP contribution in [0.2, 0.25) is 0 Å². The van der Waals surface area contributed by atoms with Gasteiger partial charge < -0.3 is 15.6 Å². The van der Waals surface area contributed by atoms with E-state index in [9.17, 15) is 4.39 Å². The molecule has 0 spiro atoms. The quantitative estimate of drug-likeness (QED) is 0.797. The van der Waals surface area contributed by atoms with Crippen LogP contribution in [0.3, 0.4) is 0 Å². The van der Waals surface area contributed by atoms with E-state index in [0.717, 1.165) is 5.56 Å². The average Bonchev–Trinajstić information content (AvgIpc) is 2.21. The Bertz CT molecular complexity index is 342. The molecule has 1 unspecified atom stereocenters. The number of rotatable bonds is 4. The van der Waals surface area contributed by atoms with Crippen molar-refractivity contribution >= 4 is 0 Å². The summed E-state index contributed by atoms with van der Waals surface area (Å²) in [6.07, 6.45) is 0.410. The van der Waals surface area contributed by atoms with Crippen LogP contribution in [0, 0.1) is 12.7 Å². The fraction of sp³-hybridized carbons (Fsp3) is 0.455. The highest BCUT2D eigenvalue weighted by molar-refractivity contribution is 5.41. The Morgan fingerprint density at radius 2 is 2.20 bits per heavy atom. The van der Waals surface area contributed by atoms with Crippen molar-refractivity contribution in [2.75, 3.05) is 13.7 Å². The number of aliphatic hydroxyl groups is 1. The zero-order chi connectivity index (χ0) is 11.4. The van der Waals surface area contributed by atoms with Crippen LogP contribution in [-0.2, 0) is 0 Å². The van der Waals surface area contributed by atoms with Gasteiger partial charge in [0.05, 0.1) is 7.11 Å². The van der Waals surface area contributed by atoms with Crippen LogP contribution < -0.4 is 10.5 Å². The largest absolute Gasteiger partial charge is 0.496 e. The number of aliphatic hydroxyl groups excluding tert-OH is 1. The molecule has 0 aliphatic carbocycles. The van der Waals surface area contributed by atoms with Crippen molar-refractivity contribution < 1.29 is 14.2 Å². The Morgan fingerprint density at radius 3 is 2.73 bits per heavy atom. The van der Waals surface area contributed by atoms with Crippen LogP contribution in [0.1, 0.15) is 23.6 Å². The van der Waals surface area contributed by atoms with Gasteiger partial charge in [0.15, 0.2) is 0 Å². The second-order valence-electron chi connectivity index (χ2n) is 3.44. The molecule has 0 heterocycles. The Kier molecular flexibility index (Phi) is 4.05. The molecule has 4 heteroatoms. The summed E-state index contributed by atoms with van der Waals surface area (Å²) in [5, 5.41) is 8.78. The van der Waals surface area contributed by atoms with E-state index in [1.54, 1.807) is 0 Å². The van der Waals surface area contributed by atoms with Gasteiger partial charge in [0, 0.05) is 18.7 Å². The Morgan fingerprint density at radius 1 is 1.53 bits per heavy atom. The van der Waals surface area contributed by atoms with Gasteiger partial charge in [-0.05, 0) is 30.5 Å². The summed E-state index contributed by atoms with van der Waals surface area (Å²) in [6, 6.07) is 2.35. The first-order chi connectivity index (χ1) is 7.10. The first-order valence-electron chi connectivity index (χ1n) is 4.80. The SMILES string of the molecule is COc1cc(F)cc(C(N)CCO)c1C. The lowest BCUT2D eigenvalue weighted by Crippen LogP contribution is -2.14. The summed E-state index contributed by atoms with van der Waals surface area (Å²) < 4.78 is 18.2. The van der Waals surface area contributed by atoms with E-state index in [4.69, 9.17) is 15.6 Å². The highest BCUT2D eigenvalue weighted by Crippen LogP contribution is 2.27. The second kappa shape index (κ2) is 5.09. The highest BCUT2D eigenvalue weighted by Gasteiger charge is 2.13. The van der Waals surface area contributed by atoms with Crippen molar-refractivity contribution in [1.82, 2.24) is 0 Å². The van der Waals surface area contributed by atoms with Crippen molar-refractivity contribution in [3.8, 4) is 5.75 Å². The fourth-order valence-electron chi connectivity index (χ4n) is 1.57. The molecule has 0 amide bonds. The predicted octanol–water partition coefficient (Wildman–Crippen LogP) is 1.52. The van der Waals surface area contributed by atoms with Gasteiger partial charge in [-0.3, -0.25) is 0 Å². The van der Waals surface area contributed by atoms with Crippen LogP contribution in [0.25, 0.3) is 0 Å². The molecular weight excluding hydrogens is 197 g/mol. The lowest BCUT2D eigenvalue weighted by Gasteiger charge is -2.16. The number of ether oxygens (including phenoxy) is 1. The van der Waals surface area contributed by atoms with E-state index >= 15 is 0 Å². The van der Waals surface area contributed by atoms with Crippen LogP contribution in [0.5, 0.6) is 5.75 Å². The van der Waals surface area contributed by atoms with Crippen molar-refractivity contribution in [3.05, 3.63) is 29.1 Å². The maximum atomic E-state index is 13.2. The van der Waals surface area contributed by atoms with E-state index in [0.29, 0.717) is 17.7 Å². The minimum absolute atomic E-state index is 0.0144. The van der Waals surface area contributed by atoms with Gasteiger partial charge in [-0.15, -0.1) is 0 Å². The summed E-state index contributed by atoms with van der Waals surface area (Å²) in [4.78, 5) is 0. The van der Waals surface area contributed by atoms with Gasteiger partial charge in [0.2, 0.25) is 0 Å². The van der Waals surface area contributed by atoms with Crippen molar-refractivity contribution in [2.24, 2.45) is 5.73 Å². The third kappa shape index (κ3) is 2.67. The van der Waals surface area contributed by atoms with Gasteiger partial charge >= 0.3 is 0 Å². The first kappa shape index (κ1) is 11.9. The third-order valence-electron chi connectivity index (χ3n) is 2.42. The monoisotopic (exact) mass is 213 g/mol. The maximum Gasteiger partial charge on any atom is 0.127 e. The lowest BCUT2D eigenvalue weighted by atomic mass is 9.99. The van der Waals surface area contributed by atoms with E-state index in [1.807, 2.05) is 6.92 Å². The van der Waals surface area contributed by atoms with E-state index < -0.39 is 0 Å². The normalized spacial score (nSPS) is 12.6. The summed E-state index contributed by atoms with van der Waals surface area (Å²) >= 11 is 0. The molecule has 0 aromatic heterocycles. The summed E-state index contributed by atoms with van der Waals surface area (Å²) in [5.41, 5.74) is 7.32. The predicted molar refractivity (Wildman–Crippen MR) is 56.3 cm³/mol. The van der Waals surface area contributed by atoms with Crippen LogP contribution in [0.15, 0.2) is 12.1 Å². The lowest BCUT2D eigenvalue weighted by molar-refractivity contribution is 0.276. The van der Waals surface area contributed by atoms with Crippen LogP contribution in [-0.4, -0.2) is 18.8 Å².